The highest BCUT2D eigenvalue weighted by atomic mass is 32.2. The number of nitrogens with one attached hydrogen (secondary N) is 2. The van der Waals surface area contributed by atoms with Crippen molar-refractivity contribution in [2.45, 2.75) is 17.0 Å². The van der Waals surface area contributed by atoms with Gasteiger partial charge in [0.2, 0.25) is 10.3 Å². The number of hydrogen-bond acceptors (Lipinski definition) is 12. The minimum Gasteiger partial charge on any atom is -0.436 e. The van der Waals surface area contributed by atoms with Crippen molar-refractivity contribution >= 4 is 66.8 Å². The molecule has 0 saturated carbocycles. The first kappa shape index (κ1) is 31.5. The van der Waals surface area contributed by atoms with Crippen LogP contribution in [0.3, 0.4) is 0 Å². The van der Waals surface area contributed by atoms with Gasteiger partial charge in [0, 0.05) is 0 Å². The summed E-state index contributed by atoms with van der Waals surface area (Å²) in [6, 6.07) is 25.0. The summed E-state index contributed by atoms with van der Waals surface area (Å²) in [5.41, 5.74) is 1.02. The molecule has 0 unspecified atom stereocenters. The van der Waals surface area contributed by atoms with Crippen molar-refractivity contribution in [2.24, 2.45) is 0 Å². The molecule has 6 aromatic rings. The van der Waals surface area contributed by atoms with Crippen LogP contribution < -0.4 is 10.9 Å². The number of carbonyl (C=O) groups excluding carboxylic acids is 3. The predicted molar refractivity (Wildman–Crippen MR) is 175 cm³/mol. The highest BCUT2D eigenvalue weighted by Crippen LogP contribution is 2.29. The molecule has 0 radical (unpaired) electrons. The van der Waals surface area contributed by atoms with E-state index in [9.17, 15) is 27.6 Å². The zero-order chi connectivity index (χ0) is 34.1. The first-order valence-corrected chi connectivity index (χ1v) is 16.9. The van der Waals surface area contributed by atoms with Gasteiger partial charge in [0.15, 0.2) is 17.3 Å². The van der Waals surface area contributed by atoms with Gasteiger partial charge in [0.05, 0.1) is 29.6 Å². The maximum absolute atomic E-state index is 13.2. The summed E-state index contributed by atoms with van der Waals surface area (Å²) in [5.74, 6) is -1.02. The number of ether oxygens (including phenoxy) is 1. The first-order chi connectivity index (χ1) is 23.7. The Kier molecular flexibility index (Phi) is 8.22. The Bertz CT molecular complexity index is 2310. The molecular weight excluding hydrogens is 677 g/mol. The van der Waals surface area contributed by atoms with Crippen LogP contribution in [0.1, 0.15) is 17.2 Å². The van der Waals surface area contributed by atoms with Crippen molar-refractivity contribution in [3.05, 3.63) is 113 Å². The Morgan fingerprint density at radius 3 is 2.29 bits per heavy atom. The molecule has 0 aliphatic carbocycles. The number of amides is 3. The Morgan fingerprint density at radius 1 is 0.939 bits per heavy atom. The van der Waals surface area contributed by atoms with Crippen LogP contribution in [0.5, 0.6) is 0 Å². The van der Waals surface area contributed by atoms with E-state index < -0.39 is 46.3 Å². The molecule has 1 aliphatic heterocycles. The summed E-state index contributed by atoms with van der Waals surface area (Å²) < 4.78 is 34.1. The zero-order valence-electron chi connectivity index (χ0n) is 25.1. The average Bonchev–Trinajstić information content (AvgIpc) is 3.73. The number of imidazole rings is 1. The average molecular weight is 701 g/mol. The van der Waals surface area contributed by atoms with Gasteiger partial charge in [-0.25, -0.2) is 19.6 Å². The van der Waals surface area contributed by atoms with E-state index in [-0.39, 0.29) is 34.5 Å². The third-order valence-corrected chi connectivity index (χ3v) is 10.5. The van der Waals surface area contributed by atoms with E-state index in [1.807, 2.05) is 60.7 Å². The number of aromatic amines is 1. The first-order valence-electron chi connectivity index (χ1n) is 14.6. The maximum Gasteiger partial charge on any atom is 0.448 e. The molecule has 18 heteroatoms. The number of hydrogen-bond donors (Lipinski definition) is 2. The summed E-state index contributed by atoms with van der Waals surface area (Å²) in [7, 11) is -4.34. The lowest BCUT2D eigenvalue weighted by molar-refractivity contribution is -0.174. The molecule has 7 rings (SSSR count). The predicted octanol–water partition coefficient (Wildman–Crippen LogP) is 3.65. The van der Waals surface area contributed by atoms with Gasteiger partial charge in [-0.3, -0.25) is 19.9 Å². The van der Waals surface area contributed by atoms with Crippen molar-refractivity contribution in [2.75, 3.05) is 18.4 Å². The van der Waals surface area contributed by atoms with Crippen molar-refractivity contribution < 1.29 is 32.4 Å². The van der Waals surface area contributed by atoms with Gasteiger partial charge in [-0.05, 0) is 23.3 Å². The largest absolute Gasteiger partial charge is 0.448 e. The molecule has 0 atom stereocenters. The summed E-state index contributed by atoms with van der Waals surface area (Å²) in [4.78, 5) is 71.7. The van der Waals surface area contributed by atoms with Gasteiger partial charge < -0.3 is 14.1 Å². The standard InChI is InChI=1S/C31H24N8O8S2/c40-23(38-15-16-39(31(43)47-38)49(44,45)30-33-21-13-7-8-14-22(21)48-30)17-37-18-32-24-26(37)34-28(35-27(24)41)36-29(42)46-25(19-9-3-1-4-10-19)20-11-5-2-6-12-20/h1-14,18,25H,15-17H2,(H2,34,35,36,41,42). The minimum atomic E-state index is -4.34. The monoisotopic (exact) mass is 700 g/mol. The normalized spacial score (nSPS) is 13.5. The lowest BCUT2D eigenvalue weighted by atomic mass is 10.0. The molecule has 1 fully saturated rings. The number of carbonyl (C=O) groups is 3. The maximum atomic E-state index is 13.2. The molecule has 4 heterocycles. The molecule has 0 bridgehead atoms. The Morgan fingerprint density at radius 2 is 1.61 bits per heavy atom. The van der Waals surface area contributed by atoms with Crippen molar-refractivity contribution in [3.8, 4) is 0 Å². The van der Waals surface area contributed by atoms with E-state index in [4.69, 9.17) is 9.57 Å². The molecular formula is C31H24N8O8S2. The number of nitrogens with zero attached hydrogens (tertiary/aromatic N) is 6. The van der Waals surface area contributed by atoms with E-state index in [1.165, 1.54) is 10.9 Å². The van der Waals surface area contributed by atoms with Crippen LogP contribution in [0, 0.1) is 0 Å². The highest BCUT2D eigenvalue weighted by Gasteiger charge is 2.39. The lowest BCUT2D eigenvalue weighted by Gasteiger charge is -2.31. The number of benzene rings is 3. The molecule has 3 aromatic heterocycles. The zero-order valence-corrected chi connectivity index (χ0v) is 26.8. The number of sulfonamides is 1. The van der Waals surface area contributed by atoms with Crippen LogP contribution in [0.15, 0.2) is 100 Å². The van der Waals surface area contributed by atoms with Crippen LogP contribution in [0.2, 0.25) is 0 Å². The van der Waals surface area contributed by atoms with Gasteiger partial charge >= 0.3 is 12.2 Å². The van der Waals surface area contributed by atoms with E-state index in [1.54, 1.807) is 24.3 Å². The molecule has 248 valence electrons. The fraction of sp³-hybridized carbons (Fsp3) is 0.129. The summed E-state index contributed by atoms with van der Waals surface area (Å²) >= 11 is 0.909. The molecule has 1 aliphatic rings. The molecule has 1 saturated heterocycles. The number of thiazole rings is 1. The molecule has 0 spiro atoms. The summed E-state index contributed by atoms with van der Waals surface area (Å²) in [5, 5.41) is 3.14. The second-order valence-electron chi connectivity index (χ2n) is 10.6. The van der Waals surface area contributed by atoms with E-state index >= 15 is 0 Å². The summed E-state index contributed by atoms with van der Waals surface area (Å²) in [6.07, 6.45) is -1.77. The second-order valence-corrected chi connectivity index (χ2v) is 13.6. The Labute approximate surface area is 280 Å². The SMILES string of the molecule is O=C(Nc1nc2c(ncn2CC(=O)N2CCN(S(=O)(=O)c3nc4ccccc4s3)C(=O)O2)c(=O)[nH]1)OC(c1ccccc1)c1ccccc1. The number of H-pyrrole nitrogens is 1. The fourth-order valence-corrected chi connectivity index (χ4v) is 7.69. The van der Waals surface area contributed by atoms with Crippen LogP contribution in [-0.2, 0) is 30.9 Å². The van der Waals surface area contributed by atoms with Crippen LogP contribution >= 0.6 is 11.3 Å². The van der Waals surface area contributed by atoms with Crippen LogP contribution in [-0.4, -0.2) is 73.5 Å². The second kappa shape index (κ2) is 12.8. The van der Waals surface area contributed by atoms with Crippen molar-refractivity contribution in [3.63, 3.8) is 0 Å². The molecule has 3 amide bonds. The van der Waals surface area contributed by atoms with E-state index in [0.29, 0.717) is 25.6 Å². The van der Waals surface area contributed by atoms with Gasteiger partial charge in [0.25, 0.3) is 21.5 Å². The van der Waals surface area contributed by atoms with Crippen LogP contribution in [0.25, 0.3) is 21.4 Å². The molecule has 3 aromatic carbocycles. The van der Waals surface area contributed by atoms with Crippen LogP contribution in [0.4, 0.5) is 15.5 Å². The molecule has 16 nitrogen and oxygen atoms in total. The molecule has 2 N–H and O–H groups in total. The topological polar surface area (TPSA) is 199 Å². The highest BCUT2D eigenvalue weighted by molar-refractivity contribution is 7.91. The Balaban J connectivity index is 1.04. The smallest absolute Gasteiger partial charge is 0.436 e. The number of hydroxylamine groups is 2. The van der Waals surface area contributed by atoms with Gasteiger partial charge in [-0.15, -0.1) is 11.3 Å². The number of rotatable bonds is 8. The lowest BCUT2D eigenvalue weighted by Crippen LogP contribution is -2.52. The Hall–Kier alpha value is -6.14. The quantitative estimate of drug-likeness (QED) is 0.235. The number of para-hydroxylation sites is 1. The van der Waals surface area contributed by atoms with Crippen molar-refractivity contribution in [1.29, 1.82) is 0 Å². The van der Waals surface area contributed by atoms with Crippen molar-refractivity contribution in [1.82, 2.24) is 33.9 Å². The fourth-order valence-electron chi connectivity index (χ4n) is 5.08. The third kappa shape index (κ3) is 6.29. The minimum absolute atomic E-state index is 0.0570. The third-order valence-electron chi connectivity index (χ3n) is 7.39. The van der Waals surface area contributed by atoms with Gasteiger partial charge in [0.1, 0.15) is 6.54 Å². The summed E-state index contributed by atoms with van der Waals surface area (Å²) in [6.45, 7) is -1.15. The molecule has 49 heavy (non-hydrogen) atoms. The van der Waals surface area contributed by atoms with Gasteiger partial charge in [-0.2, -0.15) is 22.8 Å². The van der Waals surface area contributed by atoms with E-state index in [2.05, 4.69) is 25.3 Å². The number of anilines is 1. The van der Waals surface area contributed by atoms with Gasteiger partial charge in [-0.1, -0.05) is 72.8 Å². The number of aromatic nitrogens is 5. The van der Waals surface area contributed by atoms with E-state index in [0.717, 1.165) is 16.4 Å². The number of fused-ring (bicyclic) bond motifs is 2.